The SMILES string of the molecule is CS(=O)Cc1cccc(NC(=O)C2CCC2)c1. The van der Waals surface area contributed by atoms with Crippen LogP contribution >= 0.6 is 0 Å². The Bertz CT molecular complexity index is 441. The van der Waals surface area contributed by atoms with Crippen LogP contribution in [0.25, 0.3) is 0 Å². The molecule has 1 atom stereocenters. The number of carbonyl (C=O) groups is 1. The Balaban J connectivity index is 2.00. The van der Waals surface area contributed by atoms with Gasteiger partial charge < -0.3 is 5.32 Å². The Labute approximate surface area is 104 Å². The lowest BCUT2D eigenvalue weighted by Gasteiger charge is -2.24. The largest absolute Gasteiger partial charge is 0.326 e. The molecule has 2 rings (SSSR count). The van der Waals surface area contributed by atoms with Crippen LogP contribution in [0.2, 0.25) is 0 Å². The fourth-order valence-electron chi connectivity index (χ4n) is 1.89. The van der Waals surface area contributed by atoms with Gasteiger partial charge in [-0.05, 0) is 30.5 Å². The predicted molar refractivity (Wildman–Crippen MR) is 70.2 cm³/mol. The van der Waals surface area contributed by atoms with Gasteiger partial charge in [0.15, 0.2) is 0 Å². The van der Waals surface area contributed by atoms with E-state index in [0.29, 0.717) is 5.75 Å². The highest BCUT2D eigenvalue weighted by molar-refractivity contribution is 7.83. The highest BCUT2D eigenvalue weighted by Gasteiger charge is 2.25. The van der Waals surface area contributed by atoms with Crippen LogP contribution in [0.3, 0.4) is 0 Å². The molecule has 1 fully saturated rings. The Morgan fingerprint density at radius 3 is 2.82 bits per heavy atom. The molecule has 0 radical (unpaired) electrons. The lowest BCUT2D eigenvalue weighted by atomic mass is 9.85. The molecule has 1 saturated carbocycles. The Morgan fingerprint density at radius 2 is 2.24 bits per heavy atom. The summed E-state index contributed by atoms with van der Waals surface area (Å²) >= 11 is 0. The zero-order chi connectivity index (χ0) is 12.3. The zero-order valence-corrected chi connectivity index (χ0v) is 10.8. The molecular formula is C13H17NO2S. The monoisotopic (exact) mass is 251 g/mol. The predicted octanol–water partition coefficient (Wildman–Crippen LogP) is 2.30. The average Bonchev–Trinajstić information content (AvgIpc) is 2.13. The Kier molecular flexibility index (Phi) is 3.94. The first-order valence-corrected chi connectivity index (χ1v) is 7.57. The number of carbonyl (C=O) groups excluding carboxylic acids is 1. The molecule has 92 valence electrons. The number of rotatable bonds is 4. The van der Waals surface area contributed by atoms with Gasteiger partial charge in [-0.2, -0.15) is 0 Å². The normalized spacial score (nSPS) is 17.2. The maximum absolute atomic E-state index is 11.8. The number of hydrogen-bond donors (Lipinski definition) is 1. The van der Waals surface area contributed by atoms with E-state index in [1.165, 1.54) is 0 Å². The van der Waals surface area contributed by atoms with Gasteiger partial charge in [0.05, 0.1) is 0 Å². The van der Waals surface area contributed by atoms with Crippen LogP contribution in [0.1, 0.15) is 24.8 Å². The van der Waals surface area contributed by atoms with E-state index >= 15 is 0 Å². The van der Waals surface area contributed by atoms with Gasteiger partial charge in [0.2, 0.25) is 5.91 Å². The van der Waals surface area contributed by atoms with Gasteiger partial charge in [0.25, 0.3) is 0 Å². The smallest absolute Gasteiger partial charge is 0.227 e. The Hall–Kier alpha value is -1.16. The molecule has 1 aromatic rings. The third kappa shape index (κ3) is 3.40. The third-order valence-corrected chi connectivity index (χ3v) is 3.78. The average molecular weight is 251 g/mol. The lowest BCUT2D eigenvalue weighted by molar-refractivity contribution is -0.122. The van der Waals surface area contributed by atoms with Crippen molar-refractivity contribution in [1.29, 1.82) is 0 Å². The molecule has 1 aromatic carbocycles. The molecule has 0 aliphatic heterocycles. The first kappa shape index (κ1) is 12.3. The standard InChI is InChI=1S/C13H17NO2S/c1-17(16)9-10-4-2-7-12(8-10)14-13(15)11-5-3-6-11/h2,4,7-8,11H,3,5-6,9H2,1H3,(H,14,15). The molecule has 4 heteroatoms. The summed E-state index contributed by atoms with van der Waals surface area (Å²) in [5, 5.41) is 2.92. The van der Waals surface area contributed by atoms with Crippen LogP contribution in [0.15, 0.2) is 24.3 Å². The summed E-state index contributed by atoms with van der Waals surface area (Å²) in [4.78, 5) is 11.8. The van der Waals surface area contributed by atoms with E-state index < -0.39 is 10.8 Å². The van der Waals surface area contributed by atoms with E-state index in [1.54, 1.807) is 6.26 Å². The van der Waals surface area contributed by atoms with Crippen LogP contribution in [-0.2, 0) is 21.3 Å². The van der Waals surface area contributed by atoms with Gasteiger partial charge in [0, 0.05) is 34.4 Å². The molecule has 0 bridgehead atoms. The second-order valence-corrected chi connectivity index (χ2v) is 5.97. The summed E-state index contributed by atoms with van der Waals surface area (Å²) in [7, 11) is -0.849. The number of nitrogens with one attached hydrogen (secondary N) is 1. The molecule has 0 heterocycles. The topological polar surface area (TPSA) is 46.2 Å². The van der Waals surface area contributed by atoms with Crippen LogP contribution in [0.4, 0.5) is 5.69 Å². The molecule has 1 amide bonds. The molecule has 17 heavy (non-hydrogen) atoms. The second-order valence-electron chi connectivity index (χ2n) is 4.53. The minimum Gasteiger partial charge on any atom is -0.326 e. The van der Waals surface area contributed by atoms with Crippen LogP contribution < -0.4 is 5.32 Å². The van der Waals surface area contributed by atoms with Gasteiger partial charge in [0.1, 0.15) is 0 Å². The van der Waals surface area contributed by atoms with E-state index in [9.17, 15) is 9.00 Å². The molecule has 3 nitrogen and oxygen atoms in total. The van der Waals surface area contributed by atoms with Gasteiger partial charge >= 0.3 is 0 Å². The lowest BCUT2D eigenvalue weighted by Crippen LogP contribution is -2.28. The maximum Gasteiger partial charge on any atom is 0.227 e. The molecule has 1 N–H and O–H groups in total. The maximum atomic E-state index is 11.8. The second kappa shape index (κ2) is 5.45. The number of hydrogen-bond acceptors (Lipinski definition) is 2. The molecule has 0 saturated heterocycles. The van der Waals surface area contributed by atoms with Crippen LogP contribution in [0.5, 0.6) is 0 Å². The summed E-state index contributed by atoms with van der Waals surface area (Å²) < 4.78 is 11.1. The van der Waals surface area contributed by atoms with Crippen molar-refractivity contribution in [3.05, 3.63) is 29.8 Å². The van der Waals surface area contributed by atoms with E-state index in [4.69, 9.17) is 0 Å². The van der Waals surface area contributed by atoms with Gasteiger partial charge in [-0.25, -0.2) is 0 Å². The quantitative estimate of drug-likeness (QED) is 0.892. The van der Waals surface area contributed by atoms with E-state index in [-0.39, 0.29) is 11.8 Å². The van der Waals surface area contributed by atoms with Gasteiger partial charge in [-0.3, -0.25) is 9.00 Å². The molecule has 1 aliphatic rings. The summed E-state index contributed by atoms with van der Waals surface area (Å²) in [6.07, 6.45) is 4.85. The van der Waals surface area contributed by atoms with E-state index in [0.717, 1.165) is 30.5 Å². The van der Waals surface area contributed by atoms with Crippen molar-refractivity contribution in [2.24, 2.45) is 5.92 Å². The van der Waals surface area contributed by atoms with E-state index in [2.05, 4.69) is 5.32 Å². The number of anilines is 1. The molecular weight excluding hydrogens is 234 g/mol. The van der Waals surface area contributed by atoms with Gasteiger partial charge in [-0.15, -0.1) is 0 Å². The van der Waals surface area contributed by atoms with Crippen molar-refractivity contribution in [1.82, 2.24) is 0 Å². The van der Waals surface area contributed by atoms with Crippen molar-refractivity contribution in [3.8, 4) is 0 Å². The van der Waals surface area contributed by atoms with Gasteiger partial charge in [-0.1, -0.05) is 18.6 Å². The van der Waals surface area contributed by atoms with Crippen molar-refractivity contribution in [3.63, 3.8) is 0 Å². The minimum atomic E-state index is -0.849. The summed E-state index contributed by atoms with van der Waals surface area (Å²) in [5.74, 6) is 0.845. The highest BCUT2D eigenvalue weighted by atomic mass is 32.2. The summed E-state index contributed by atoms with van der Waals surface area (Å²) in [6.45, 7) is 0. The minimum absolute atomic E-state index is 0.117. The van der Waals surface area contributed by atoms with Crippen LogP contribution in [0, 0.1) is 5.92 Å². The highest BCUT2D eigenvalue weighted by Crippen LogP contribution is 2.27. The Morgan fingerprint density at radius 1 is 1.47 bits per heavy atom. The van der Waals surface area contributed by atoms with E-state index in [1.807, 2.05) is 24.3 Å². The fourth-order valence-corrected chi connectivity index (χ4v) is 2.54. The van der Waals surface area contributed by atoms with Crippen molar-refractivity contribution in [2.75, 3.05) is 11.6 Å². The van der Waals surface area contributed by atoms with Crippen molar-refractivity contribution >= 4 is 22.4 Å². The van der Waals surface area contributed by atoms with Crippen molar-refractivity contribution in [2.45, 2.75) is 25.0 Å². The number of amides is 1. The fraction of sp³-hybridized carbons (Fsp3) is 0.462. The molecule has 1 aliphatic carbocycles. The van der Waals surface area contributed by atoms with Crippen LogP contribution in [-0.4, -0.2) is 16.4 Å². The van der Waals surface area contributed by atoms with Crippen molar-refractivity contribution < 1.29 is 9.00 Å². The zero-order valence-electron chi connectivity index (χ0n) is 9.94. The summed E-state index contributed by atoms with van der Waals surface area (Å²) in [5.41, 5.74) is 1.81. The number of benzene rings is 1. The first-order valence-electron chi connectivity index (χ1n) is 5.85. The molecule has 1 unspecified atom stereocenters. The third-order valence-electron chi connectivity index (χ3n) is 3.04. The first-order chi connectivity index (χ1) is 8.15. The molecule has 0 spiro atoms. The molecule has 0 aromatic heterocycles. The summed E-state index contributed by atoms with van der Waals surface area (Å²) in [6, 6.07) is 7.59.